The number of hydrogen-bond acceptors (Lipinski definition) is 3. The summed E-state index contributed by atoms with van der Waals surface area (Å²) in [4.78, 5) is 14.0. The number of ether oxygens (including phenoxy) is 1. The molecule has 0 aromatic carbocycles. The number of carbonyl (C=O) groups is 1. The van der Waals surface area contributed by atoms with E-state index in [4.69, 9.17) is 4.74 Å². The summed E-state index contributed by atoms with van der Waals surface area (Å²) >= 11 is 0. The molecule has 0 radical (unpaired) electrons. The summed E-state index contributed by atoms with van der Waals surface area (Å²) in [7, 11) is 0. The Morgan fingerprint density at radius 2 is 2.27 bits per heavy atom. The summed E-state index contributed by atoms with van der Waals surface area (Å²) in [5.74, 6) is 0.773. The quantitative estimate of drug-likeness (QED) is 0.668. The molecule has 0 unspecified atom stereocenters. The molecule has 1 atom stereocenters. The average molecular weight is 213 g/mol. The highest BCUT2D eigenvalue weighted by atomic mass is 16.5. The Kier molecular flexibility index (Phi) is 5.09. The molecule has 15 heavy (non-hydrogen) atoms. The molecule has 1 aliphatic heterocycles. The Morgan fingerprint density at radius 1 is 1.53 bits per heavy atom. The topological polar surface area (TPSA) is 29.5 Å². The number of hydrogen-bond donors (Lipinski definition) is 0. The van der Waals surface area contributed by atoms with E-state index in [1.807, 2.05) is 6.92 Å². The zero-order valence-electron chi connectivity index (χ0n) is 10.2. The van der Waals surface area contributed by atoms with E-state index >= 15 is 0 Å². The Morgan fingerprint density at radius 3 is 2.87 bits per heavy atom. The van der Waals surface area contributed by atoms with Crippen LogP contribution in [-0.4, -0.2) is 37.1 Å². The first-order chi connectivity index (χ1) is 7.13. The van der Waals surface area contributed by atoms with E-state index in [1.165, 1.54) is 0 Å². The van der Waals surface area contributed by atoms with Gasteiger partial charge in [-0.05, 0) is 32.2 Å². The molecule has 88 valence electrons. The molecule has 0 aromatic heterocycles. The van der Waals surface area contributed by atoms with Gasteiger partial charge in [-0.3, -0.25) is 4.79 Å². The second kappa shape index (κ2) is 6.11. The van der Waals surface area contributed by atoms with E-state index in [0.29, 0.717) is 12.5 Å². The van der Waals surface area contributed by atoms with Crippen molar-refractivity contribution in [2.45, 2.75) is 33.6 Å². The number of carbonyl (C=O) groups excluding carboxylic acids is 1. The predicted octanol–water partition coefficient (Wildman–Crippen LogP) is 1.92. The molecule has 0 aliphatic carbocycles. The first kappa shape index (κ1) is 12.5. The summed E-state index contributed by atoms with van der Waals surface area (Å²) in [5.41, 5.74) is 0. The molecule has 1 heterocycles. The minimum atomic E-state index is -0.00837. The molecular formula is C12H23NO2. The van der Waals surface area contributed by atoms with Gasteiger partial charge in [0.05, 0.1) is 12.5 Å². The summed E-state index contributed by atoms with van der Waals surface area (Å²) in [6.07, 6.45) is 2.11. The van der Waals surface area contributed by atoms with Gasteiger partial charge in [-0.2, -0.15) is 0 Å². The molecule has 0 spiro atoms. The van der Waals surface area contributed by atoms with Crippen LogP contribution in [0, 0.1) is 11.8 Å². The normalized spacial score (nSPS) is 23.1. The van der Waals surface area contributed by atoms with Gasteiger partial charge in [0.1, 0.15) is 0 Å². The predicted molar refractivity (Wildman–Crippen MR) is 60.6 cm³/mol. The van der Waals surface area contributed by atoms with Crippen LogP contribution in [0.15, 0.2) is 0 Å². The number of esters is 1. The van der Waals surface area contributed by atoms with Crippen molar-refractivity contribution in [2.24, 2.45) is 11.8 Å². The number of piperidine rings is 1. The Hall–Kier alpha value is -0.570. The van der Waals surface area contributed by atoms with Crippen LogP contribution in [0.3, 0.4) is 0 Å². The van der Waals surface area contributed by atoms with Crippen LogP contribution in [0.4, 0.5) is 0 Å². The fourth-order valence-electron chi connectivity index (χ4n) is 2.19. The van der Waals surface area contributed by atoms with Crippen molar-refractivity contribution in [1.82, 2.24) is 4.90 Å². The molecule has 1 rings (SSSR count). The first-order valence-corrected chi connectivity index (χ1v) is 6.02. The van der Waals surface area contributed by atoms with Crippen LogP contribution in [-0.2, 0) is 9.53 Å². The zero-order valence-corrected chi connectivity index (χ0v) is 10.2. The smallest absolute Gasteiger partial charge is 0.310 e. The van der Waals surface area contributed by atoms with Crippen molar-refractivity contribution in [3.05, 3.63) is 0 Å². The van der Waals surface area contributed by atoms with Gasteiger partial charge in [0.25, 0.3) is 0 Å². The van der Waals surface area contributed by atoms with E-state index in [2.05, 4.69) is 18.7 Å². The van der Waals surface area contributed by atoms with E-state index in [0.717, 1.165) is 32.5 Å². The van der Waals surface area contributed by atoms with Crippen molar-refractivity contribution >= 4 is 5.97 Å². The molecule has 0 amide bonds. The highest BCUT2D eigenvalue weighted by Crippen LogP contribution is 2.18. The lowest BCUT2D eigenvalue weighted by molar-refractivity contribution is -0.150. The Bertz CT molecular complexity index is 204. The van der Waals surface area contributed by atoms with E-state index in [-0.39, 0.29) is 11.9 Å². The molecule has 1 fully saturated rings. The maximum atomic E-state index is 11.6. The molecule has 0 N–H and O–H groups in total. The first-order valence-electron chi connectivity index (χ1n) is 6.02. The summed E-state index contributed by atoms with van der Waals surface area (Å²) in [6, 6.07) is 0. The van der Waals surface area contributed by atoms with E-state index in [9.17, 15) is 4.79 Å². The molecule has 1 saturated heterocycles. The number of nitrogens with zero attached hydrogens (tertiary/aromatic N) is 1. The van der Waals surface area contributed by atoms with Gasteiger partial charge in [0.15, 0.2) is 0 Å². The van der Waals surface area contributed by atoms with Crippen LogP contribution in [0.5, 0.6) is 0 Å². The van der Waals surface area contributed by atoms with Crippen LogP contribution in [0.25, 0.3) is 0 Å². The zero-order chi connectivity index (χ0) is 11.3. The third-order valence-electron chi connectivity index (χ3n) is 2.75. The highest BCUT2D eigenvalue weighted by Gasteiger charge is 2.26. The minimum Gasteiger partial charge on any atom is -0.466 e. The monoisotopic (exact) mass is 213 g/mol. The van der Waals surface area contributed by atoms with Crippen molar-refractivity contribution in [3.8, 4) is 0 Å². The fourth-order valence-corrected chi connectivity index (χ4v) is 2.19. The maximum absolute atomic E-state index is 11.6. The van der Waals surface area contributed by atoms with Gasteiger partial charge in [0.2, 0.25) is 0 Å². The lowest BCUT2D eigenvalue weighted by Gasteiger charge is -2.32. The Labute approximate surface area is 92.8 Å². The van der Waals surface area contributed by atoms with Crippen molar-refractivity contribution in [2.75, 3.05) is 26.2 Å². The molecule has 0 bridgehead atoms. The maximum Gasteiger partial charge on any atom is 0.310 e. The van der Waals surface area contributed by atoms with Crippen LogP contribution < -0.4 is 0 Å². The molecule has 3 nitrogen and oxygen atoms in total. The van der Waals surface area contributed by atoms with Crippen LogP contribution in [0.1, 0.15) is 33.6 Å². The molecule has 3 heteroatoms. The van der Waals surface area contributed by atoms with Crippen molar-refractivity contribution in [3.63, 3.8) is 0 Å². The second-order valence-electron chi connectivity index (χ2n) is 4.74. The summed E-state index contributed by atoms with van der Waals surface area (Å²) in [6.45, 7) is 9.91. The third-order valence-corrected chi connectivity index (χ3v) is 2.75. The van der Waals surface area contributed by atoms with E-state index < -0.39 is 0 Å². The van der Waals surface area contributed by atoms with Crippen LogP contribution in [0.2, 0.25) is 0 Å². The number of rotatable bonds is 4. The van der Waals surface area contributed by atoms with Gasteiger partial charge in [-0.1, -0.05) is 13.8 Å². The molecule has 0 aromatic rings. The van der Waals surface area contributed by atoms with Crippen molar-refractivity contribution < 1.29 is 9.53 Å². The minimum absolute atomic E-state index is 0.00837. The lowest BCUT2D eigenvalue weighted by atomic mass is 9.97. The Balaban J connectivity index is 2.38. The largest absolute Gasteiger partial charge is 0.466 e. The lowest BCUT2D eigenvalue weighted by Crippen LogP contribution is -2.41. The SMILES string of the molecule is CCOC(=O)[C@H]1CCCN(CC(C)C)C1. The summed E-state index contributed by atoms with van der Waals surface area (Å²) in [5, 5.41) is 0. The van der Waals surface area contributed by atoms with Crippen LogP contribution >= 0.6 is 0 Å². The second-order valence-corrected chi connectivity index (χ2v) is 4.74. The van der Waals surface area contributed by atoms with Crippen molar-refractivity contribution in [1.29, 1.82) is 0 Å². The van der Waals surface area contributed by atoms with Gasteiger partial charge < -0.3 is 9.64 Å². The molecular weight excluding hydrogens is 190 g/mol. The number of likely N-dealkylation sites (tertiary alicyclic amines) is 1. The van der Waals surface area contributed by atoms with Gasteiger partial charge in [-0.25, -0.2) is 0 Å². The fraction of sp³-hybridized carbons (Fsp3) is 0.917. The summed E-state index contributed by atoms with van der Waals surface area (Å²) < 4.78 is 5.07. The molecule has 0 saturated carbocycles. The van der Waals surface area contributed by atoms with Gasteiger partial charge in [0, 0.05) is 13.1 Å². The third kappa shape index (κ3) is 4.20. The standard InChI is InChI=1S/C12H23NO2/c1-4-15-12(14)11-6-5-7-13(9-11)8-10(2)3/h10-11H,4-9H2,1-3H3/t11-/m0/s1. The average Bonchev–Trinajstić information content (AvgIpc) is 2.17. The highest BCUT2D eigenvalue weighted by molar-refractivity contribution is 5.72. The molecule has 1 aliphatic rings. The van der Waals surface area contributed by atoms with Gasteiger partial charge in [-0.15, -0.1) is 0 Å². The van der Waals surface area contributed by atoms with Gasteiger partial charge >= 0.3 is 5.97 Å². The van der Waals surface area contributed by atoms with E-state index in [1.54, 1.807) is 0 Å².